The summed E-state index contributed by atoms with van der Waals surface area (Å²) in [5, 5.41) is 12.7. The topological polar surface area (TPSA) is 66.4 Å². The number of hydrogen-bond donors (Lipinski definition) is 2. The highest BCUT2D eigenvalue weighted by molar-refractivity contribution is 7.17. The van der Waals surface area contributed by atoms with Gasteiger partial charge in [-0.25, -0.2) is 4.79 Å². The fourth-order valence-corrected chi connectivity index (χ4v) is 3.78. The van der Waals surface area contributed by atoms with E-state index in [1.165, 1.54) is 11.3 Å². The lowest BCUT2D eigenvalue weighted by Crippen LogP contribution is -2.24. The van der Waals surface area contributed by atoms with Crippen molar-refractivity contribution in [3.05, 3.63) is 16.0 Å². The van der Waals surface area contributed by atoms with Crippen LogP contribution in [0, 0.1) is 11.3 Å². The Balaban J connectivity index is 2.13. The van der Waals surface area contributed by atoms with E-state index >= 15 is 0 Å². The van der Waals surface area contributed by atoms with Crippen molar-refractivity contribution < 1.29 is 14.7 Å². The fraction of sp³-hybridized carbons (Fsp3) is 0.625. The van der Waals surface area contributed by atoms with Crippen molar-refractivity contribution in [2.45, 2.75) is 53.4 Å². The number of aromatic carboxylic acids is 1. The molecular weight excluding hydrogens is 286 g/mol. The first-order valence-corrected chi connectivity index (χ1v) is 8.19. The monoisotopic (exact) mass is 309 g/mol. The SMILES string of the molecule is CC(CC(=O)Nc1sc2c(c1C(=O)O)CCC2)C(C)(C)C. The van der Waals surface area contributed by atoms with Gasteiger partial charge in [0.05, 0.1) is 5.56 Å². The molecule has 21 heavy (non-hydrogen) atoms. The molecule has 0 radical (unpaired) electrons. The minimum absolute atomic E-state index is 0.0597. The van der Waals surface area contributed by atoms with Crippen molar-refractivity contribution in [2.24, 2.45) is 11.3 Å². The standard InChI is InChI=1S/C16H23NO3S/c1-9(16(2,3)4)8-12(18)17-14-13(15(19)20)10-6-5-7-11(10)21-14/h9H,5-8H2,1-4H3,(H,17,18)(H,19,20). The van der Waals surface area contributed by atoms with E-state index in [-0.39, 0.29) is 17.2 Å². The lowest BCUT2D eigenvalue weighted by Gasteiger charge is -2.26. The Morgan fingerprint density at radius 3 is 2.57 bits per heavy atom. The molecular formula is C16H23NO3S. The van der Waals surface area contributed by atoms with E-state index in [0.29, 0.717) is 17.0 Å². The number of amides is 1. The molecule has 2 N–H and O–H groups in total. The predicted octanol–water partition coefficient (Wildman–Crippen LogP) is 3.95. The van der Waals surface area contributed by atoms with Crippen LogP contribution in [0.15, 0.2) is 0 Å². The minimum atomic E-state index is -0.937. The molecule has 116 valence electrons. The second-order valence-electron chi connectivity index (χ2n) is 6.89. The molecule has 1 aliphatic carbocycles. The van der Waals surface area contributed by atoms with Gasteiger partial charge in [-0.15, -0.1) is 11.3 Å². The van der Waals surface area contributed by atoms with E-state index in [2.05, 4.69) is 26.1 Å². The summed E-state index contributed by atoms with van der Waals surface area (Å²) in [5.41, 5.74) is 1.29. The number of carboxylic acid groups (broad SMARTS) is 1. The molecule has 1 aliphatic rings. The average Bonchev–Trinajstić information content (AvgIpc) is 2.86. The third kappa shape index (κ3) is 3.46. The molecule has 1 aromatic heterocycles. The van der Waals surface area contributed by atoms with Gasteiger partial charge in [-0.3, -0.25) is 4.79 Å². The number of nitrogens with one attached hydrogen (secondary N) is 1. The van der Waals surface area contributed by atoms with Crippen LogP contribution in [-0.4, -0.2) is 17.0 Å². The molecule has 0 aromatic carbocycles. The molecule has 1 heterocycles. The Morgan fingerprint density at radius 1 is 1.33 bits per heavy atom. The molecule has 1 atom stereocenters. The lowest BCUT2D eigenvalue weighted by molar-refractivity contribution is -0.117. The minimum Gasteiger partial charge on any atom is -0.478 e. The summed E-state index contributed by atoms with van der Waals surface area (Å²) in [5.74, 6) is -0.800. The number of carbonyl (C=O) groups is 2. The fourth-order valence-electron chi connectivity index (χ4n) is 2.48. The third-order valence-corrected chi connectivity index (χ3v) is 5.57. The van der Waals surface area contributed by atoms with E-state index in [0.717, 1.165) is 29.7 Å². The molecule has 1 aromatic rings. The van der Waals surface area contributed by atoms with Gasteiger partial charge in [0.15, 0.2) is 0 Å². The second kappa shape index (κ2) is 5.79. The van der Waals surface area contributed by atoms with E-state index in [1.54, 1.807) is 0 Å². The first-order chi connectivity index (χ1) is 9.70. The molecule has 0 fully saturated rings. The highest BCUT2D eigenvalue weighted by Crippen LogP contribution is 2.39. The molecule has 1 unspecified atom stereocenters. The van der Waals surface area contributed by atoms with Gasteiger partial charge in [0.1, 0.15) is 5.00 Å². The molecule has 0 saturated heterocycles. The van der Waals surface area contributed by atoms with Crippen molar-refractivity contribution in [3.8, 4) is 0 Å². The van der Waals surface area contributed by atoms with E-state index in [4.69, 9.17) is 0 Å². The highest BCUT2D eigenvalue weighted by Gasteiger charge is 2.28. The summed E-state index contributed by atoms with van der Waals surface area (Å²) in [6.07, 6.45) is 3.15. The zero-order valence-electron chi connectivity index (χ0n) is 13.1. The Kier molecular flexibility index (Phi) is 4.42. The van der Waals surface area contributed by atoms with Crippen LogP contribution in [0.3, 0.4) is 0 Å². The Labute approximate surface area is 129 Å². The van der Waals surface area contributed by atoms with E-state index < -0.39 is 5.97 Å². The van der Waals surface area contributed by atoms with Crippen molar-refractivity contribution in [3.63, 3.8) is 0 Å². The quantitative estimate of drug-likeness (QED) is 0.885. The Morgan fingerprint density at radius 2 is 2.00 bits per heavy atom. The predicted molar refractivity (Wildman–Crippen MR) is 85.2 cm³/mol. The van der Waals surface area contributed by atoms with Gasteiger partial charge >= 0.3 is 5.97 Å². The van der Waals surface area contributed by atoms with Crippen LogP contribution in [0.1, 0.15) is 61.3 Å². The normalized spacial score (nSPS) is 15.6. The second-order valence-corrected chi connectivity index (χ2v) is 7.99. The van der Waals surface area contributed by atoms with E-state index in [1.807, 2.05) is 6.92 Å². The van der Waals surface area contributed by atoms with Gasteiger partial charge in [0.25, 0.3) is 0 Å². The van der Waals surface area contributed by atoms with Crippen LogP contribution < -0.4 is 5.32 Å². The van der Waals surface area contributed by atoms with Crippen LogP contribution >= 0.6 is 11.3 Å². The van der Waals surface area contributed by atoms with Crippen LogP contribution in [0.25, 0.3) is 0 Å². The number of carbonyl (C=O) groups excluding carboxylic acids is 1. The number of carboxylic acids is 1. The number of fused-ring (bicyclic) bond motifs is 1. The number of rotatable bonds is 4. The molecule has 2 rings (SSSR count). The van der Waals surface area contributed by atoms with Gasteiger partial charge in [0.2, 0.25) is 5.91 Å². The summed E-state index contributed by atoms with van der Waals surface area (Å²) >= 11 is 1.43. The summed E-state index contributed by atoms with van der Waals surface area (Å²) < 4.78 is 0. The molecule has 0 aliphatic heterocycles. The third-order valence-electron chi connectivity index (χ3n) is 4.36. The van der Waals surface area contributed by atoms with Crippen molar-refractivity contribution in [2.75, 3.05) is 5.32 Å². The average molecular weight is 309 g/mol. The smallest absolute Gasteiger partial charge is 0.339 e. The van der Waals surface area contributed by atoms with Gasteiger partial charge in [-0.2, -0.15) is 0 Å². The maximum Gasteiger partial charge on any atom is 0.339 e. The first kappa shape index (κ1) is 16.0. The summed E-state index contributed by atoms with van der Waals surface area (Å²) in [7, 11) is 0. The molecule has 0 spiro atoms. The number of aryl methyl sites for hydroxylation is 1. The van der Waals surface area contributed by atoms with Crippen LogP contribution in [0.5, 0.6) is 0 Å². The van der Waals surface area contributed by atoms with Gasteiger partial charge in [-0.1, -0.05) is 27.7 Å². The highest BCUT2D eigenvalue weighted by atomic mass is 32.1. The summed E-state index contributed by atoms with van der Waals surface area (Å²) in [4.78, 5) is 24.8. The van der Waals surface area contributed by atoms with Crippen LogP contribution in [0.2, 0.25) is 0 Å². The maximum atomic E-state index is 12.2. The Hall–Kier alpha value is -1.36. The van der Waals surface area contributed by atoms with Crippen LogP contribution in [-0.2, 0) is 17.6 Å². The van der Waals surface area contributed by atoms with Crippen molar-refractivity contribution >= 4 is 28.2 Å². The summed E-state index contributed by atoms with van der Waals surface area (Å²) in [6, 6.07) is 0. The molecule has 0 saturated carbocycles. The maximum absolute atomic E-state index is 12.2. The molecule has 1 amide bonds. The Bertz CT molecular complexity index is 569. The summed E-state index contributed by atoms with van der Waals surface area (Å²) in [6.45, 7) is 8.36. The number of anilines is 1. The molecule has 5 heteroatoms. The van der Waals surface area contributed by atoms with Gasteiger partial charge in [0, 0.05) is 11.3 Å². The van der Waals surface area contributed by atoms with E-state index in [9.17, 15) is 14.7 Å². The van der Waals surface area contributed by atoms with Crippen LogP contribution in [0.4, 0.5) is 5.00 Å². The molecule has 0 bridgehead atoms. The van der Waals surface area contributed by atoms with Gasteiger partial charge < -0.3 is 10.4 Å². The molecule has 4 nitrogen and oxygen atoms in total. The zero-order valence-corrected chi connectivity index (χ0v) is 13.9. The lowest BCUT2D eigenvalue weighted by atomic mass is 9.80. The first-order valence-electron chi connectivity index (χ1n) is 7.38. The number of thiophene rings is 1. The largest absolute Gasteiger partial charge is 0.478 e. The number of hydrogen-bond acceptors (Lipinski definition) is 3. The van der Waals surface area contributed by atoms with Crippen molar-refractivity contribution in [1.82, 2.24) is 0 Å². The van der Waals surface area contributed by atoms with Gasteiger partial charge in [-0.05, 0) is 36.2 Å². The zero-order chi connectivity index (χ0) is 15.8. The van der Waals surface area contributed by atoms with Crippen molar-refractivity contribution in [1.29, 1.82) is 0 Å².